The van der Waals surface area contributed by atoms with E-state index in [-0.39, 0.29) is 11.3 Å². The first-order valence-electron chi connectivity index (χ1n) is 9.65. The number of fused-ring (bicyclic) bond motifs is 1. The summed E-state index contributed by atoms with van der Waals surface area (Å²) in [6, 6.07) is 0. The second-order valence-corrected chi connectivity index (χ2v) is 9.27. The van der Waals surface area contributed by atoms with E-state index in [1.807, 2.05) is 13.0 Å². The molecule has 0 aromatic heterocycles. The van der Waals surface area contributed by atoms with Gasteiger partial charge in [-0.05, 0) is 79.6 Å². The van der Waals surface area contributed by atoms with E-state index in [0.717, 1.165) is 36.2 Å². The van der Waals surface area contributed by atoms with E-state index in [2.05, 4.69) is 40.9 Å². The van der Waals surface area contributed by atoms with Crippen molar-refractivity contribution in [2.24, 2.45) is 35.0 Å². The van der Waals surface area contributed by atoms with Crippen molar-refractivity contribution < 1.29 is 5.11 Å². The second-order valence-electron chi connectivity index (χ2n) is 9.27. The van der Waals surface area contributed by atoms with Crippen LogP contribution in [0.2, 0.25) is 0 Å². The molecule has 2 aliphatic rings. The molecule has 23 heavy (non-hydrogen) atoms. The van der Waals surface area contributed by atoms with Crippen molar-refractivity contribution in [1.29, 1.82) is 0 Å². The van der Waals surface area contributed by atoms with Crippen LogP contribution in [-0.4, -0.2) is 10.7 Å². The molecule has 1 nitrogen and oxygen atoms in total. The van der Waals surface area contributed by atoms with E-state index < -0.39 is 5.60 Å². The van der Waals surface area contributed by atoms with Gasteiger partial charge in [0.15, 0.2) is 0 Å². The van der Waals surface area contributed by atoms with Gasteiger partial charge in [-0.25, -0.2) is 0 Å². The summed E-state index contributed by atoms with van der Waals surface area (Å²) >= 11 is 0. The van der Waals surface area contributed by atoms with Crippen LogP contribution in [0.3, 0.4) is 0 Å². The number of hydrogen-bond donors (Lipinski definition) is 1. The topological polar surface area (TPSA) is 20.2 Å². The predicted molar refractivity (Wildman–Crippen MR) is 100 cm³/mol. The van der Waals surface area contributed by atoms with Crippen LogP contribution in [0.5, 0.6) is 0 Å². The minimum Gasteiger partial charge on any atom is -0.385 e. The molecule has 0 aromatic rings. The Balaban J connectivity index is 2.41. The van der Waals surface area contributed by atoms with E-state index >= 15 is 0 Å². The van der Waals surface area contributed by atoms with E-state index in [4.69, 9.17) is 0 Å². The molecule has 1 unspecified atom stereocenters. The van der Waals surface area contributed by atoms with Gasteiger partial charge in [0, 0.05) is 0 Å². The van der Waals surface area contributed by atoms with E-state index in [1.54, 1.807) is 0 Å². The van der Waals surface area contributed by atoms with Gasteiger partial charge in [0.25, 0.3) is 0 Å². The molecule has 0 radical (unpaired) electrons. The van der Waals surface area contributed by atoms with Gasteiger partial charge in [0.1, 0.15) is 0 Å². The Hall–Kier alpha value is -0.560. The third kappa shape index (κ3) is 3.31. The maximum Gasteiger partial charge on any atom is 0.0890 e. The zero-order valence-electron chi connectivity index (χ0n) is 16.1. The largest absolute Gasteiger partial charge is 0.385 e. The molecular formula is C22H38O. The molecule has 0 saturated heterocycles. The summed E-state index contributed by atoms with van der Waals surface area (Å²) in [6.07, 6.45) is 8.88. The number of hydrogen-bond acceptors (Lipinski definition) is 1. The molecular weight excluding hydrogens is 280 g/mol. The lowest BCUT2D eigenvalue weighted by Crippen LogP contribution is -2.49. The first kappa shape index (κ1) is 18.8. The molecule has 0 aliphatic heterocycles. The minimum atomic E-state index is -0.743. The fourth-order valence-corrected chi connectivity index (χ4v) is 5.92. The lowest BCUT2D eigenvalue weighted by molar-refractivity contribution is -0.0702. The Morgan fingerprint density at radius 2 is 1.96 bits per heavy atom. The van der Waals surface area contributed by atoms with Gasteiger partial charge in [-0.3, -0.25) is 0 Å². The van der Waals surface area contributed by atoms with Crippen molar-refractivity contribution in [2.75, 3.05) is 0 Å². The van der Waals surface area contributed by atoms with Crippen molar-refractivity contribution in [3.8, 4) is 0 Å². The van der Waals surface area contributed by atoms with Crippen LogP contribution in [0.4, 0.5) is 0 Å². The molecule has 0 aromatic carbocycles. The van der Waals surface area contributed by atoms with Gasteiger partial charge >= 0.3 is 0 Å². The molecule has 6 atom stereocenters. The monoisotopic (exact) mass is 318 g/mol. The summed E-state index contributed by atoms with van der Waals surface area (Å²) in [5.74, 6) is 3.09. The third-order valence-electron chi connectivity index (χ3n) is 7.38. The molecule has 2 rings (SSSR count). The Morgan fingerprint density at radius 1 is 1.30 bits per heavy atom. The van der Waals surface area contributed by atoms with Crippen molar-refractivity contribution in [1.82, 2.24) is 0 Å². The number of allylic oxidation sites excluding steroid dienone is 1. The van der Waals surface area contributed by atoms with Crippen molar-refractivity contribution in [2.45, 2.75) is 78.7 Å². The predicted octanol–water partition coefficient (Wildman–Crippen LogP) is 5.99. The summed E-state index contributed by atoms with van der Waals surface area (Å²) in [5, 5.41) is 11.7. The first-order chi connectivity index (χ1) is 10.7. The van der Waals surface area contributed by atoms with E-state index in [1.165, 1.54) is 25.7 Å². The van der Waals surface area contributed by atoms with Crippen LogP contribution in [0, 0.1) is 35.0 Å². The highest BCUT2D eigenvalue weighted by Crippen LogP contribution is 2.59. The highest BCUT2D eigenvalue weighted by molar-refractivity contribution is 5.17. The fraction of sp³-hybridized carbons (Fsp3) is 0.818. The van der Waals surface area contributed by atoms with Gasteiger partial charge in [-0.2, -0.15) is 0 Å². The SMILES string of the molecule is C=CC[C@H]1[C@H](C)CC[C@@H]2[C@H](C(C)C)CC[C@@]2(C)CC1(O)C(=C)C. The normalized spacial score (nSPS) is 44.5. The Bertz CT molecular complexity index is 451. The maximum atomic E-state index is 11.7. The van der Waals surface area contributed by atoms with Gasteiger partial charge in [-0.1, -0.05) is 46.8 Å². The van der Waals surface area contributed by atoms with Gasteiger partial charge < -0.3 is 5.11 Å². The molecule has 132 valence electrons. The molecule has 1 N–H and O–H groups in total. The Kier molecular flexibility index (Phi) is 5.51. The third-order valence-corrected chi connectivity index (χ3v) is 7.38. The van der Waals surface area contributed by atoms with E-state index in [9.17, 15) is 5.11 Å². The number of aliphatic hydroxyl groups is 1. The highest BCUT2D eigenvalue weighted by Gasteiger charge is 2.53. The highest BCUT2D eigenvalue weighted by atomic mass is 16.3. The minimum absolute atomic E-state index is 0.252. The fourth-order valence-electron chi connectivity index (χ4n) is 5.92. The summed E-state index contributed by atoms with van der Waals surface area (Å²) < 4.78 is 0. The van der Waals surface area contributed by atoms with Gasteiger partial charge in [-0.15, -0.1) is 6.58 Å². The van der Waals surface area contributed by atoms with Crippen LogP contribution in [0.1, 0.15) is 73.1 Å². The standard InChI is InChI=1S/C22H38O/c1-8-9-19-17(6)10-11-20-18(15(2)3)12-13-21(20,7)14-22(19,23)16(4)5/h8,15,17-20,23H,1,4,9-14H2,2-3,5-7H3/t17-,18+,19+,20-,21+,22?/m1/s1. The molecule has 0 amide bonds. The number of rotatable bonds is 4. The molecule has 2 saturated carbocycles. The van der Waals surface area contributed by atoms with Crippen molar-refractivity contribution in [3.05, 3.63) is 24.8 Å². The molecule has 0 bridgehead atoms. The smallest absolute Gasteiger partial charge is 0.0890 e. The van der Waals surface area contributed by atoms with Gasteiger partial charge in [0.05, 0.1) is 5.60 Å². The lowest BCUT2D eigenvalue weighted by Gasteiger charge is -2.49. The lowest BCUT2D eigenvalue weighted by atomic mass is 9.58. The molecule has 0 heterocycles. The first-order valence-corrected chi connectivity index (χ1v) is 9.65. The summed E-state index contributed by atoms with van der Waals surface area (Å²) in [5.41, 5.74) is 0.459. The summed E-state index contributed by atoms with van der Waals surface area (Å²) in [6.45, 7) is 19.7. The molecule has 1 heteroatoms. The maximum absolute atomic E-state index is 11.7. The quantitative estimate of drug-likeness (QED) is 0.631. The average Bonchev–Trinajstić information content (AvgIpc) is 2.77. The second kappa shape index (κ2) is 6.75. The van der Waals surface area contributed by atoms with Crippen LogP contribution < -0.4 is 0 Å². The summed E-state index contributed by atoms with van der Waals surface area (Å²) in [7, 11) is 0. The van der Waals surface area contributed by atoms with Crippen LogP contribution in [0.15, 0.2) is 24.8 Å². The zero-order chi connectivity index (χ0) is 17.4. The van der Waals surface area contributed by atoms with Crippen molar-refractivity contribution >= 4 is 0 Å². The Morgan fingerprint density at radius 3 is 2.48 bits per heavy atom. The van der Waals surface area contributed by atoms with Gasteiger partial charge in [0.2, 0.25) is 0 Å². The van der Waals surface area contributed by atoms with Crippen LogP contribution >= 0.6 is 0 Å². The molecule has 2 aliphatic carbocycles. The molecule has 0 spiro atoms. The van der Waals surface area contributed by atoms with Crippen LogP contribution in [-0.2, 0) is 0 Å². The van der Waals surface area contributed by atoms with E-state index in [0.29, 0.717) is 5.92 Å². The van der Waals surface area contributed by atoms with Crippen LogP contribution in [0.25, 0.3) is 0 Å². The van der Waals surface area contributed by atoms with Crippen molar-refractivity contribution in [3.63, 3.8) is 0 Å². The summed E-state index contributed by atoms with van der Waals surface area (Å²) in [4.78, 5) is 0. The average molecular weight is 319 g/mol. The molecule has 2 fully saturated rings. The Labute approximate surface area is 144 Å². The zero-order valence-corrected chi connectivity index (χ0v) is 16.1.